The van der Waals surface area contributed by atoms with Gasteiger partial charge in [0.15, 0.2) is 0 Å². The van der Waals surface area contributed by atoms with Crippen molar-refractivity contribution in [1.29, 1.82) is 0 Å². The minimum Gasteiger partial charge on any atom is -0.368 e. The Bertz CT molecular complexity index is 452. The van der Waals surface area contributed by atoms with Crippen molar-refractivity contribution >= 4 is 22.6 Å². The molecule has 1 aromatic rings. The summed E-state index contributed by atoms with van der Waals surface area (Å²) in [6.45, 7) is 10.4. The van der Waals surface area contributed by atoms with Gasteiger partial charge in [-0.15, -0.1) is 0 Å². The van der Waals surface area contributed by atoms with Crippen LogP contribution >= 0.6 is 22.6 Å². The lowest BCUT2D eigenvalue weighted by Gasteiger charge is -2.24. The molecule has 1 N–H and O–H groups in total. The molecule has 0 saturated heterocycles. The van der Waals surface area contributed by atoms with E-state index in [0.29, 0.717) is 16.0 Å². The molecule has 0 aliphatic carbocycles. The van der Waals surface area contributed by atoms with Crippen molar-refractivity contribution < 1.29 is 4.74 Å². The van der Waals surface area contributed by atoms with Crippen LogP contribution in [-0.4, -0.2) is 16.6 Å². The fraction of sp³-hybridized carbons (Fsp3) is 0.667. The van der Waals surface area contributed by atoms with E-state index >= 15 is 0 Å². The van der Waals surface area contributed by atoms with Crippen LogP contribution in [0.3, 0.4) is 0 Å². The number of nitrogens with zero attached hydrogens (tertiary/aromatic N) is 1. The molecule has 0 aliphatic rings. The maximum atomic E-state index is 11.9. The summed E-state index contributed by atoms with van der Waals surface area (Å²) in [5.41, 5.74) is 0.172. The Balaban J connectivity index is 3.33. The van der Waals surface area contributed by atoms with Gasteiger partial charge in [-0.1, -0.05) is 13.8 Å². The van der Waals surface area contributed by atoms with Gasteiger partial charge in [0.2, 0.25) is 0 Å². The minimum atomic E-state index is -0.568. The lowest BCUT2D eigenvalue weighted by Crippen LogP contribution is -2.30. The summed E-state index contributed by atoms with van der Waals surface area (Å²) in [5, 5.41) is 0. The first-order valence-electron chi connectivity index (χ1n) is 5.73. The molecule has 0 unspecified atom stereocenters. The molecule has 4 nitrogen and oxygen atoms in total. The van der Waals surface area contributed by atoms with Crippen LogP contribution in [0.2, 0.25) is 0 Å². The van der Waals surface area contributed by atoms with Gasteiger partial charge in [0, 0.05) is 6.61 Å². The molecule has 0 atom stereocenters. The molecule has 0 bridgehead atoms. The number of hydrogen-bond acceptors (Lipinski definition) is 3. The highest BCUT2D eigenvalue weighted by Crippen LogP contribution is 2.23. The number of rotatable bonds is 4. The van der Waals surface area contributed by atoms with E-state index in [9.17, 15) is 4.79 Å². The normalized spacial score (nSPS) is 12.2. The predicted octanol–water partition coefficient (Wildman–Crippen LogP) is 2.77. The third kappa shape index (κ3) is 3.28. The van der Waals surface area contributed by atoms with Crippen LogP contribution in [0.25, 0.3) is 0 Å². The van der Waals surface area contributed by atoms with Crippen molar-refractivity contribution in [3.8, 4) is 0 Å². The first-order valence-corrected chi connectivity index (χ1v) is 6.81. The lowest BCUT2D eigenvalue weighted by atomic mass is 10.1. The molecule has 0 fully saturated rings. The van der Waals surface area contributed by atoms with Crippen molar-refractivity contribution in [3.05, 3.63) is 25.4 Å². The zero-order chi connectivity index (χ0) is 13.2. The molecule has 0 spiro atoms. The van der Waals surface area contributed by atoms with Gasteiger partial charge in [-0.2, -0.15) is 0 Å². The van der Waals surface area contributed by atoms with Gasteiger partial charge in [0.1, 0.15) is 11.4 Å². The van der Waals surface area contributed by atoms with Crippen molar-refractivity contribution in [2.24, 2.45) is 0 Å². The summed E-state index contributed by atoms with van der Waals surface area (Å²) in [4.78, 5) is 19.2. The SMILES string of the molecule is CCOC(C)(C)c1nc(C(C)C)c(I)c(=O)[nH]1. The molecular weight excluding hydrogens is 331 g/mol. The van der Waals surface area contributed by atoms with Crippen LogP contribution in [0.4, 0.5) is 0 Å². The van der Waals surface area contributed by atoms with Crippen molar-refractivity contribution in [3.63, 3.8) is 0 Å². The summed E-state index contributed by atoms with van der Waals surface area (Å²) in [7, 11) is 0. The summed E-state index contributed by atoms with van der Waals surface area (Å²) in [6.07, 6.45) is 0. The van der Waals surface area contributed by atoms with E-state index in [0.717, 1.165) is 5.69 Å². The average molecular weight is 350 g/mol. The monoisotopic (exact) mass is 350 g/mol. The van der Waals surface area contributed by atoms with Gasteiger partial charge in [-0.3, -0.25) is 4.79 Å². The minimum absolute atomic E-state index is 0.0907. The molecule has 1 aromatic heterocycles. The van der Waals surface area contributed by atoms with Crippen LogP contribution in [0.5, 0.6) is 0 Å². The number of H-pyrrole nitrogens is 1. The maximum Gasteiger partial charge on any atom is 0.264 e. The number of nitrogens with one attached hydrogen (secondary N) is 1. The molecule has 96 valence electrons. The summed E-state index contributed by atoms with van der Waals surface area (Å²) in [5.74, 6) is 0.814. The fourth-order valence-electron chi connectivity index (χ4n) is 1.57. The van der Waals surface area contributed by atoms with Crippen LogP contribution in [0, 0.1) is 3.57 Å². The van der Waals surface area contributed by atoms with E-state index in [1.54, 1.807) is 0 Å². The molecule has 1 heterocycles. The predicted molar refractivity (Wildman–Crippen MR) is 76.3 cm³/mol. The van der Waals surface area contributed by atoms with E-state index in [1.807, 2.05) is 57.2 Å². The summed E-state index contributed by atoms with van der Waals surface area (Å²) in [6, 6.07) is 0. The average Bonchev–Trinajstić information content (AvgIpc) is 2.21. The van der Waals surface area contributed by atoms with E-state index in [2.05, 4.69) is 9.97 Å². The summed E-state index contributed by atoms with van der Waals surface area (Å²) < 4.78 is 6.27. The van der Waals surface area contributed by atoms with Crippen molar-refractivity contribution in [1.82, 2.24) is 9.97 Å². The lowest BCUT2D eigenvalue weighted by molar-refractivity contribution is -0.0212. The highest BCUT2D eigenvalue weighted by Gasteiger charge is 2.25. The van der Waals surface area contributed by atoms with E-state index in [4.69, 9.17) is 4.74 Å². The van der Waals surface area contributed by atoms with E-state index in [-0.39, 0.29) is 11.5 Å². The van der Waals surface area contributed by atoms with E-state index in [1.165, 1.54) is 0 Å². The number of hydrogen-bond donors (Lipinski definition) is 1. The molecule has 0 aromatic carbocycles. The highest BCUT2D eigenvalue weighted by atomic mass is 127. The molecule has 0 saturated carbocycles. The second-order valence-corrected chi connectivity index (χ2v) is 5.79. The third-order valence-electron chi connectivity index (χ3n) is 2.51. The van der Waals surface area contributed by atoms with Gasteiger partial charge in [-0.05, 0) is 49.3 Å². The van der Waals surface area contributed by atoms with Crippen molar-refractivity contribution in [2.75, 3.05) is 6.61 Å². The molecule has 17 heavy (non-hydrogen) atoms. The second kappa shape index (κ2) is 5.48. The number of aromatic nitrogens is 2. The van der Waals surface area contributed by atoms with Gasteiger partial charge >= 0.3 is 0 Å². The standard InChI is InChI=1S/C12H19IN2O2/c1-6-17-12(4,5)11-14-9(7(2)3)8(13)10(16)15-11/h7H,6H2,1-5H3,(H,14,15,16). The zero-order valence-electron chi connectivity index (χ0n) is 10.9. The van der Waals surface area contributed by atoms with Gasteiger partial charge < -0.3 is 9.72 Å². The topological polar surface area (TPSA) is 55.0 Å². The third-order valence-corrected chi connectivity index (χ3v) is 3.55. The van der Waals surface area contributed by atoms with Crippen LogP contribution in [0.15, 0.2) is 4.79 Å². The Kier molecular flexibility index (Phi) is 4.71. The van der Waals surface area contributed by atoms with Gasteiger partial charge in [0.25, 0.3) is 5.56 Å². The Labute approximate surface area is 115 Å². The second-order valence-electron chi connectivity index (χ2n) is 4.71. The molecule has 5 heteroatoms. The van der Waals surface area contributed by atoms with E-state index < -0.39 is 5.60 Å². The number of ether oxygens (including phenoxy) is 1. The number of halogens is 1. The summed E-state index contributed by atoms with van der Waals surface area (Å²) >= 11 is 2.04. The smallest absolute Gasteiger partial charge is 0.264 e. The zero-order valence-corrected chi connectivity index (χ0v) is 13.1. The highest BCUT2D eigenvalue weighted by molar-refractivity contribution is 14.1. The van der Waals surface area contributed by atoms with Gasteiger partial charge in [-0.25, -0.2) is 4.98 Å². The van der Waals surface area contributed by atoms with Gasteiger partial charge in [0.05, 0.1) is 9.26 Å². The Morgan fingerprint density at radius 3 is 2.53 bits per heavy atom. The van der Waals surface area contributed by atoms with Crippen LogP contribution in [-0.2, 0) is 10.3 Å². The maximum absolute atomic E-state index is 11.9. The van der Waals surface area contributed by atoms with Crippen molar-refractivity contribution in [2.45, 2.75) is 46.1 Å². The largest absolute Gasteiger partial charge is 0.368 e. The van der Waals surface area contributed by atoms with Crippen LogP contribution < -0.4 is 5.56 Å². The number of aromatic amines is 1. The molecule has 0 amide bonds. The Morgan fingerprint density at radius 1 is 1.47 bits per heavy atom. The Morgan fingerprint density at radius 2 is 2.06 bits per heavy atom. The molecule has 0 aliphatic heterocycles. The quantitative estimate of drug-likeness (QED) is 0.850. The molecular formula is C12H19IN2O2. The molecule has 1 rings (SSSR count). The first kappa shape index (κ1) is 14.6. The fourth-order valence-corrected chi connectivity index (χ4v) is 2.45. The Hall–Kier alpha value is -0.430. The molecule has 0 radical (unpaired) electrons. The first-order chi connectivity index (χ1) is 7.79. The van der Waals surface area contributed by atoms with Crippen LogP contribution in [0.1, 0.15) is 52.1 Å².